The fourth-order valence-electron chi connectivity index (χ4n) is 4.37. The van der Waals surface area contributed by atoms with E-state index in [1.807, 2.05) is 12.1 Å². The second kappa shape index (κ2) is 13.3. The Kier molecular flexibility index (Phi) is 9.09. The van der Waals surface area contributed by atoms with Gasteiger partial charge < -0.3 is 15.4 Å². The van der Waals surface area contributed by atoms with Crippen LogP contribution in [0.3, 0.4) is 0 Å². The van der Waals surface area contributed by atoms with Crippen molar-refractivity contribution in [3.63, 3.8) is 0 Å². The lowest BCUT2D eigenvalue weighted by Gasteiger charge is -2.20. The molecule has 214 valence electrons. The molecule has 3 N–H and O–H groups in total. The Morgan fingerprint density at radius 1 is 1.19 bits per heavy atom. The van der Waals surface area contributed by atoms with Crippen molar-refractivity contribution in [1.29, 1.82) is 0 Å². The molecule has 0 saturated heterocycles. The lowest BCUT2D eigenvalue weighted by Crippen LogP contribution is -2.28. The van der Waals surface area contributed by atoms with Crippen LogP contribution in [-0.4, -0.2) is 55.3 Å². The average molecular weight is 605 g/mol. The predicted molar refractivity (Wildman–Crippen MR) is 160 cm³/mol. The third kappa shape index (κ3) is 7.11. The first-order chi connectivity index (χ1) is 20.4. The van der Waals surface area contributed by atoms with Gasteiger partial charge in [-0.25, -0.2) is 4.79 Å². The van der Waals surface area contributed by atoms with Crippen LogP contribution in [0.5, 0.6) is 0 Å². The molecule has 0 radical (unpaired) electrons. The molecule has 0 spiro atoms. The predicted octanol–water partition coefficient (Wildman–Crippen LogP) is 5.49. The highest BCUT2D eigenvalue weighted by molar-refractivity contribution is 8.13. The van der Waals surface area contributed by atoms with Gasteiger partial charge >= 0.3 is 6.09 Å². The Labute approximate surface area is 249 Å². The van der Waals surface area contributed by atoms with Crippen LogP contribution >= 0.6 is 23.4 Å². The Bertz CT molecular complexity index is 1650. The van der Waals surface area contributed by atoms with Crippen LogP contribution in [0.2, 0.25) is 5.02 Å². The van der Waals surface area contributed by atoms with Crippen molar-refractivity contribution in [2.24, 2.45) is 0 Å². The van der Waals surface area contributed by atoms with E-state index in [1.165, 1.54) is 24.2 Å². The first kappa shape index (κ1) is 28.8. The molecule has 12 nitrogen and oxygen atoms in total. The van der Waals surface area contributed by atoms with Gasteiger partial charge in [-0.05, 0) is 77.4 Å². The van der Waals surface area contributed by atoms with Gasteiger partial charge in [0.15, 0.2) is 0 Å². The largest absolute Gasteiger partial charge is 0.453 e. The molecular weight excluding hydrogens is 580 g/mol. The van der Waals surface area contributed by atoms with Gasteiger partial charge in [0, 0.05) is 39.9 Å². The number of rotatable bonds is 5. The second-order valence-electron chi connectivity index (χ2n) is 9.10. The minimum atomic E-state index is -0.621. The molecule has 1 unspecified atom stereocenters. The zero-order valence-corrected chi connectivity index (χ0v) is 23.9. The number of hydrogen-bond acceptors (Lipinski definition) is 9. The normalized spacial score (nSPS) is 15.1. The van der Waals surface area contributed by atoms with E-state index in [9.17, 15) is 14.4 Å². The molecule has 3 heterocycles. The molecule has 2 bridgehead atoms. The Morgan fingerprint density at radius 2 is 2.07 bits per heavy atom. The van der Waals surface area contributed by atoms with Gasteiger partial charge in [0.25, 0.3) is 5.24 Å². The van der Waals surface area contributed by atoms with Crippen LogP contribution < -0.4 is 16.0 Å². The summed E-state index contributed by atoms with van der Waals surface area (Å²) < 4.78 is 6.16. The molecule has 5 rings (SSSR count). The molecule has 1 atom stereocenters. The van der Waals surface area contributed by atoms with Crippen LogP contribution in [0.4, 0.5) is 21.0 Å². The number of thioether (sulfide) groups is 1. The minimum Gasteiger partial charge on any atom is -0.453 e. The third-order valence-corrected chi connectivity index (χ3v) is 7.42. The summed E-state index contributed by atoms with van der Waals surface area (Å²) in [4.78, 5) is 42.1. The fraction of sp³-hybridized carbons (Fsp3) is 0.179. The number of halogens is 1. The number of carbonyl (C=O) groups is 3. The smallest absolute Gasteiger partial charge is 0.411 e. The average Bonchev–Trinajstić information content (AvgIpc) is 3.52. The Hall–Kier alpha value is -4.75. The standard InChI is InChI=1S/C28H25ClN8O4S/c1-41-27(39)32-20-6-7-21-17-10-11-30-24(14-17)22(3-2-12-42-28(40)34-23(21)15-20)33-26(38)9-4-18-13-19(29)5-8-25(18)37-16-31-35-36-37/h4-11,13-16,22H,2-3,12H2,1H3,(H,32,39)(H,33,38)(H,34,40)/b9-4+. The van der Waals surface area contributed by atoms with Gasteiger partial charge in [0.05, 0.1) is 30.2 Å². The van der Waals surface area contributed by atoms with E-state index in [2.05, 4.69) is 41.2 Å². The van der Waals surface area contributed by atoms with Crippen molar-refractivity contribution in [1.82, 2.24) is 30.5 Å². The summed E-state index contributed by atoms with van der Waals surface area (Å²) in [6.45, 7) is 0. The molecule has 14 heteroatoms. The summed E-state index contributed by atoms with van der Waals surface area (Å²) >= 11 is 7.34. The molecule has 0 saturated carbocycles. The van der Waals surface area contributed by atoms with Gasteiger partial charge in [-0.2, -0.15) is 4.68 Å². The number of tetrazole rings is 1. The molecule has 0 aliphatic carbocycles. The summed E-state index contributed by atoms with van der Waals surface area (Å²) in [7, 11) is 1.27. The number of amides is 3. The lowest BCUT2D eigenvalue weighted by molar-refractivity contribution is -0.117. The topological polar surface area (TPSA) is 153 Å². The molecule has 2 aromatic carbocycles. The van der Waals surface area contributed by atoms with E-state index in [1.54, 1.807) is 48.7 Å². The molecular formula is C28H25ClN8O4S. The number of pyridine rings is 1. The van der Waals surface area contributed by atoms with Gasteiger partial charge in [0.2, 0.25) is 5.91 Å². The van der Waals surface area contributed by atoms with E-state index < -0.39 is 12.1 Å². The first-order valence-electron chi connectivity index (χ1n) is 12.8. The summed E-state index contributed by atoms with van der Waals surface area (Å²) in [6, 6.07) is 13.7. The Balaban J connectivity index is 1.41. The van der Waals surface area contributed by atoms with Crippen molar-refractivity contribution >= 4 is 58.1 Å². The molecule has 0 fully saturated rings. The molecule has 2 aromatic heterocycles. The van der Waals surface area contributed by atoms with Crippen LogP contribution in [0.1, 0.15) is 30.1 Å². The number of nitrogens with one attached hydrogen (secondary N) is 3. The van der Waals surface area contributed by atoms with Crippen LogP contribution in [0, 0.1) is 0 Å². The van der Waals surface area contributed by atoms with Crippen molar-refractivity contribution < 1.29 is 19.1 Å². The number of hydrogen-bond donors (Lipinski definition) is 3. The van der Waals surface area contributed by atoms with Gasteiger partial charge in [-0.15, -0.1) is 5.10 Å². The molecule has 3 amide bonds. The minimum absolute atomic E-state index is 0.232. The highest BCUT2D eigenvalue weighted by Gasteiger charge is 2.19. The van der Waals surface area contributed by atoms with E-state index in [4.69, 9.17) is 11.6 Å². The summed E-state index contributed by atoms with van der Waals surface area (Å²) in [5.41, 5.74) is 4.48. The maximum absolute atomic E-state index is 13.1. The number of anilines is 2. The SMILES string of the molecule is COC(=O)Nc1ccc2c(c1)NC(=O)SCCCC(NC(=O)/C=C/c1cc(Cl)ccc1-n1cnnn1)c1cc-2ccn1. The maximum atomic E-state index is 13.1. The lowest BCUT2D eigenvalue weighted by atomic mass is 10.00. The van der Waals surface area contributed by atoms with Crippen LogP contribution in [0.25, 0.3) is 22.9 Å². The van der Waals surface area contributed by atoms with Crippen LogP contribution in [0.15, 0.2) is 67.1 Å². The van der Waals surface area contributed by atoms with E-state index >= 15 is 0 Å². The first-order valence-corrected chi connectivity index (χ1v) is 14.2. The molecule has 1 aliphatic rings. The number of fused-ring (bicyclic) bond motifs is 4. The highest BCUT2D eigenvalue weighted by atomic mass is 35.5. The summed E-state index contributed by atoms with van der Waals surface area (Å²) in [6.07, 6.45) is 6.78. The highest BCUT2D eigenvalue weighted by Crippen LogP contribution is 2.34. The quantitative estimate of drug-likeness (QED) is 0.251. The number of carbonyl (C=O) groups excluding carboxylic acids is 3. The van der Waals surface area contributed by atoms with Crippen molar-refractivity contribution in [2.75, 3.05) is 23.5 Å². The van der Waals surface area contributed by atoms with Crippen molar-refractivity contribution in [3.05, 3.63) is 83.4 Å². The van der Waals surface area contributed by atoms with E-state index in [-0.39, 0.29) is 11.1 Å². The summed E-state index contributed by atoms with van der Waals surface area (Å²) in [5.74, 6) is 0.201. The van der Waals surface area contributed by atoms with Gasteiger partial charge in [-0.3, -0.25) is 19.9 Å². The van der Waals surface area contributed by atoms with E-state index in [0.29, 0.717) is 51.9 Å². The number of ether oxygens (including phenoxy) is 1. The van der Waals surface area contributed by atoms with Crippen molar-refractivity contribution in [3.8, 4) is 16.8 Å². The van der Waals surface area contributed by atoms with Crippen molar-refractivity contribution in [2.45, 2.75) is 18.9 Å². The number of aromatic nitrogens is 5. The van der Waals surface area contributed by atoms with Gasteiger partial charge in [0.1, 0.15) is 6.33 Å². The van der Waals surface area contributed by atoms with E-state index in [0.717, 1.165) is 22.9 Å². The zero-order chi connectivity index (χ0) is 29.5. The van der Waals surface area contributed by atoms with Crippen LogP contribution in [-0.2, 0) is 9.53 Å². The maximum Gasteiger partial charge on any atom is 0.411 e. The monoisotopic (exact) mass is 604 g/mol. The molecule has 4 aromatic rings. The second-order valence-corrected chi connectivity index (χ2v) is 10.6. The Morgan fingerprint density at radius 3 is 2.88 bits per heavy atom. The fourth-order valence-corrected chi connectivity index (χ4v) is 5.23. The number of methoxy groups -OCH3 is 1. The third-order valence-electron chi connectivity index (χ3n) is 6.32. The number of benzene rings is 2. The number of nitrogens with zero attached hydrogens (tertiary/aromatic N) is 5. The molecule has 1 aliphatic heterocycles. The summed E-state index contributed by atoms with van der Waals surface area (Å²) in [5, 5.41) is 20.1. The molecule has 42 heavy (non-hydrogen) atoms. The van der Waals surface area contributed by atoms with Gasteiger partial charge in [-0.1, -0.05) is 29.4 Å². The zero-order valence-electron chi connectivity index (χ0n) is 22.3.